The van der Waals surface area contributed by atoms with Gasteiger partial charge in [-0.15, -0.1) is 0 Å². The fourth-order valence-electron chi connectivity index (χ4n) is 2.17. The number of hydrogen-bond donors (Lipinski definition) is 1. The van der Waals surface area contributed by atoms with Crippen molar-refractivity contribution < 1.29 is 14.3 Å². The average Bonchev–Trinajstić information content (AvgIpc) is 3.01. The molecule has 2 heterocycles. The summed E-state index contributed by atoms with van der Waals surface area (Å²) < 4.78 is 6.10. The van der Waals surface area contributed by atoms with Crippen molar-refractivity contribution in [2.24, 2.45) is 0 Å². The number of Topliss-reactive ketones (excluding diaryl/α,β-unsaturated/α-hetero) is 1. The first-order valence-corrected chi connectivity index (χ1v) is 8.15. The number of amides is 1. The molecule has 0 aliphatic carbocycles. The number of hydrogen-bond acceptors (Lipinski definition) is 6. The molecule has 3 aromatic rings. The number of carbonyl (C=O) groups excluding carboxylic acids is 2. The van der Waals surface area contributed by atoms with Crippen LogP contribution in [0.25, 0.3) is 10.2 Å². The Morgan fingerprint density at radius 2 is 2.12 bits per heavy atom. The van der Waals surface area contributed by atoms with Crippen molar-refractivity contribution in [2.45, 2.75) is 12.8 Å². The van der Waals surface area contributed by atoms with Gasteiger partial charge in [0, 0.05) is 30.8 Å². The Balaban J connectivity index is 1.59. The summed E-state index contributed by atoms with van der Waals surface area (Å²) in [6.45, 7) is 0. The molecule has 2 aromatic heterocycles. The number of aromatic nitrogens is 2. The number of ether oxygens (including phenoxy) is 1. The van der Waals surface area contributed by atoms with Gasteiger partial charge in [0.15, 0.2) is 10.9 Å². The number of rotatable bonds is 6. The zero-order valence-electron chi connectivity index (χ0n) is 13.0. The predicted molar refractivity (Wildman–Crippen MR) is 92.6 cm³/mol. The second kappa shape index (κ2) is 7.18. The zero-order chi connectivity index (χ0) is 16.9. The monoisotopic (exact) mass is 341 g/mol. The van der Waals surface area contributed by atoms with E-state index in [0.717, 1.165) is 16.0 Å². The third-order valence-electron chi connectivity index (χ3n) is 3.40. The summed E-state index contributed by atoms with van der Waals surface area (Å²) >= 11 is 1.37. The number of thiazole rings is 1. The summed E-state index contributed by atoms with van der Waals surface area (Å²) in [5, 5.41) is 3.25. The van der Waals surface area contributed by atoms with E-state index >= 15 is 0 Å². The molecule has 0 spiro atoms. The van der Waals surface area contributed by atoms with Crippen LogP contribution in [0.3, 0.4) is 0 Å². The molecule has 24 heavy (non-hydrogen) atoms. The smallest absolute Gasteiger partial charge is 0.226 e. The van der Waals surface area contributed by atoms with Gasteiger partial charge < -0.3 is 10.1 Å². The SMILES string of the molecule is COc1ccc2nc(NC(=O)CCC(=O)c3cccnc3)sc2c1. The fraction of sp³-hybridized carbons (Fsp3) is 0.176. The van der Waals surface area contributed by atoms with Gasteiger partial charge in [-0.2, -0.15) is 0 Å². The van der Waals surface area contributed by atoms with Crippen LogP contribution in [0, 0.1) is 0 Å². The van der Waals surface area contributed by atoms with E-state index in [9.17, 15) is 9.59 Å². The van der Waals surface area contributed by atoms with Gasteiger partial charge in [0.2, 0.25) is 5.91 Å². The zero-order valence-corrected chi connectivity index (χ0v) is 13.8. The van der Waals surface area contributed by atoms with Crippen molar-refractivity contribution in [3.05, 3.63) is 48.3 Å². The highest BCUT2D eigenvalue weighted by Crippen LogP contribution is 2.29. The molecule has 0 bridgehead atoms. The van der Waals surface area contributed by atoms with Gasteiger partial charge in [0.05, 0.1) is 17.3 Å². The first kappa shape index (κ1) is 16.1. The van der Waals surface area contributed by atoms with Crippen LogP contribution in [0.15, 0.2) is 42.7 Å². The van der Waals surface area contributed by atoms with Crippen LogP contribution in [0.5, 0.6) is 5.75 Å². The third kappa shape index (κ3) is 3.75. The van der Waals surface area contributed by atoms with E-state index in [-0.39, 0.29) is 24.5 Å². The Morgan fingerprint density at radius 1 is 1.25 bits per heavy atom. The number of methoxy groups -OCH3 is 1. The maximum absolute atomic E-state index is 12.0. The first-order valence-electron chi connectivity index (χ1n) is 7.33. The molecule has 1 amide bonds. The topological polar surface area (TPSA) is 81.2 Å². The van der Waals surface area contributed by atoms with Crippen molar-refractivity contribution in [3.8, 4) is 5.75 Å². The number of pyridine rings is 1. The van der Waals surface area contributed by atoms with Gasteiger partial charge in [0.25, 0.3) is 0 Å². The Hall–Kier alpha value is -2.80. The minimum absolute atomic E-state index is 0.104. The van der Waals surface area contributed by atoms with E-state index in [4.69, 9.17) is 4.74 Å². The molecule has 0 aliphatic heterocycles. The van der Waals surface area contributed by atoms with E-state index in [2.05, 4.69) is 15.3 Å². The van der Waals surface area contributed by atoms with Crippen molar-refractivity contribution >= 4 is 38.4 Å². The highest BCUT2D eigenvalue weighted by Gasteiger charge is 2.12. The minimum atomic E-state index is -0.238. The molecular formula is C17H15N3O3S. The molecule has 6 nitrogen and oxygen atoms in total. The highest BCUT2D eigenvalue weighted by atomic mass is 32.1. The summed E-state index contributed by atoms with van der Waals surface area (Å²) in [6, 6.07) is 8.91. The summed E-state index contributed by atoms with van der Waals surface area (Å²) in [4.78, 5) is 32.2. The molecule has 0 radical (unpaired) electrons. The third-order valence-corrected chi connectivity index (χ3v) is 4.34. The van der Waals surface area contributed by atoms with E-state index in [0.29, 0.717) is 10.7 Å². The molecule has 1 aromatic carbocycles. The molecule has 0 atom stereocenters. The van der Waals surface area contributed by atoms with Crippen molar-refractivity contribution in [2.75, 3.05) is 12.4 Å². The quantitative estimate of drug-likeness (QED) is 0.696. The molecule has 1 N–H and O–H groups in total. The summed E-state index contributed by atoms with van der Waals surface area (Å²) in [5.74, 6) is 0.400. The standard InChI is InChI=1S/C17H15N3O3S/c1-23-12-4-5-13-15(9-12)24-17(19-13)20-16(22)7-6-14(21)11-3-2-8-18-10-11/h2-5,8-10H,6-7H2,1H3,(H,19,20,22). The molecule has 0 unspecified atom stereocenters. The van der Waals surface area contributed by atoms with Crippen LogP contribution in [-0.4, -0.2) is 28.8 Å². The van der Waals surface area contributed by atoms with Crippen LogP contribution < -0.4 is 10.1 Å². The second-order valence-electron chi connectivity index (χ2n) is 5.07. The maximum atomic E-state index is 12.0. The number of benzene rings is 1. The summed E-state index contributed by atoms with van der Waals surface area (Å²) in [7, 11) is 1.60. The lowest BCUT2D eigenvalue weighted by Gasteiger charge is -2.01. The molecule has 7 heteroatoms. The molecule has 0 fully saturated rings. The van der Waals surface area contributed by atoms with Crippen LogP contribution in [0.2, 0.25) is 0 Å². The van der Waals surface area contributed by atoms with Gasteiger partial charge >= 0.3 is 0 Å². The molecule has 0 saturated heterocycles. The van der Waals surface area contributed by atoms with Crippen molar-refractivity contribution in [3.63, 3.8) is 0 Å². The van der Waals surface area contributed by atoms with Crippen LogP contribution in [0.1, 0.15) is 23.2 Å². The Kier molecular flexibility index (Phi) is 4.81. The molecule has 0 saturated carbocycles. The molecule has 3 rings (SSSR count). The van der Waals surface area contributed by atoms with Crippen molar-refractivity contribution in [1.82, 2.24) is 9.97 Å². The number of carbonyl (C=O) groups is 2. The maximum Gasteiger partial charge on any atom is 0.226 e. The predicted octanol–water partition coefficient (Wildman–Crippen LogP) is 3.30. The lowest BCUT2D eigenvalue weighted by molar-refractivity contribution is -0.116. The largest absolute Gasteiger partial charge is 0.497 e. The van der Waals surface area contributed by atoms with Crippen LogP contribution >= 0.6 is 11.3 Å². The number of anilines is 1. The highest BCUT2D eigenvalue weighted by molar-refractivity contribution is 7.22. The lowest BCUT2D eigenvalue weighted by Crippen LogP contribution is -2.13. The summed E-state index contributed by atoms with van der Waals surface area (Å²) in [6.07, 6.45) is 3.34. The van der Waals surface area contributed by atoms with E-state index < -0.39 is 0 Å². The van der Waals surface area contributed by atoms with Crippen LogP contribution in [0.4, 0.5) is 5.13 Å². The number of nitrogens with one attached hydrogen (secondary N) is 1. The van der Waals surface area contributed by atoms with Crippen LogP contribution in [-0.2, 0) is 4.79 Å². The second-order valence-corrected chi connectivity index (χ2v) is 6.10. The number of fused-ring (bicyclic) bond motifs is 1. The van der Waals surface area contributed by atoms with Gasteiger partial charge in [-0.1, -0.05) is 11.3 Å². The van der Waals surface area contributed by atoms with Gasteiger partial charge in [0.1, 0.15) is 5.75 Å². The van der Waals surface area contributed by atoms with E-state index in [1.807, 2.05) is 18.2 Å². The van der Waals surface area contributed by atoms with Gasteiger partial charge in [-0.05, 0) is 30.3 Å². The normalized spacial score (nSPS) is 10.5. The Bertz CT molecular complexity index is 877. The Labute approximate surface area is 142 Å². The molecule has 0 aliphatic rings. The van der Waals surface area contributed by atoms with E-state index in [1.165, 1.54) is 17.5 Å². The number of ketones is 1. The van der Waals surface area contributed by atoms with Gasteiger partial charge in [-0.25, -0.2) is 4.98 Å². The summed E-state index contributed by atoms with van der Waals surface area (Å²) in [5.41, 5.74) is 1.31. The lowest BCUT2D eigenvalue weighted by atomic mass is 10.1. The number of nitrogens with zero attached hydrogens (tertiary/aromatic N) is 2. The van der Waals surface area contributed by atoms with Crippen molar-refractivity contribution in [1.29, 1.82) is 0 Å². The Morgan fingerprint density at radius 3 is 2.88 bits per heavy atom. The average molecular weight is 341 g/mol. The molecule has 122 valence electrons. The minimum Gasteiger partial charge on any atom is -0.497 e. The first-order chi connectivity index (χ1) is 11.7. The molecular weight excluding hydrogens is 326 g/mol. The fourth-order valence-corrected chi connectivity index (χ4v) is 3.08. The van der Waals surface area contributed by atoms with Gasteiger partial charge in [-0.3, -0.25) is 14.6 Å². The van der Waals surface area contributed by atoms with E-state index in [1.54, 1.807) is 25.4 Å².